The van der Waals surface area contributed by atoms with Crippen LogP contribution in [0.2, 0.25) is 0 Å². The number of para-hydroxylation sites is 1. The fourth-order valence-electron chi connectivity index (χ4n) is 4.98. The largest absolute Gasteiger partial charge is 0.491 e. The summed E-state index contributed by atoms with van der Waals surface area (Å²) >= 11 is 0. The number of aryl methyl sites for hydroxylation is 2. The van der Waals surface area contributed by atoms with Crippen LogP contribution < -0.4 is 20.7 Å². The predicted octanol–water partition coefficient (Wildman–Crippen LogP) is 3.45. The highest BCUT2D eigenvalue weighted by molar-refractivity contribution is 5.99. The number of unbranched alkanes of at least 4 members (excludes halogenated alkanes) is 1. The first-order valence-electron chi connectivity index (χ1n) is 11.9. The maximum atomic E-state index is 11.3. The summed E-state index contributed by atoms with van der Waals surface area (Å²) in [4.78, 5) is 20.8. The van der Waals surface area contributed by atoms with E-state index in [4.69, 9.17) is 10.5 Å². The molecule has 0 saturated carbocycles. The standard InChI is InChI=1S/C25H32N6O2/c26-25(32)28-21-18-31(24-20(21)8-4-10-27-24)12-2-1-11-29-13-15-30(16-14-29)22-9-3-6-19-7-5-17-33-23(19)22/h3-4,6,8-10,18H,1-2,5,7,11-17H2,(H3,26,28,32). The molecule has 2 aliphatic rings. The van der Waals surface area contributed by atoms with Crippen LogP contribution in [0.15, 0.2) is 42.7 Å². The lowest BCUT2D eigenvalue weighted by molar-refractivity contribution is 0.248. The van der Waals surface area contributed by atoms with Gasteiger partial charge in [0.25, 0.3) is 0 Å². The van der Waals surface area contributed by atoms with Crippen molar-refractivity contribution in [2.45, 2.75) is 32.2 Å². The second-order valence-corrected chi connectivity index (χ2v) is 8.85. The number of piperazine rings is 1. The topological polar surface area (TPSA) is 88.7 Å². The van der Waals surface area contributed by atoms with Gasteiger partial charge in [-0.05, 0) is 56.0 Å². The average molecular weight is 449 g/mol. The molecule has 8 nitrogen and oxygen atoms in total. The number of rotatable bonds is 7. The van der Waals surface area contributed by atoms with Crippen LogP contribution in [0.4, 0.5) is 16.2 Å². The Balaban J connectivity index is 1.12. The van der Waals surface area contributed by atoms with E-state index in [9.17, 15) is 4.79 Å². The van der Waals surface area contributed by atoms with E-state index < -0.39 is 6.03 Å². The number of aromatic nitrogens is 2. The third kappa shape index (κ3) is 4.75. The van der Waals surface area contributed by atoms with E-state index in [1.807, 2.05) is 18.3 Å². The number of nitrogens with one attached hydrogen (secondary N) is 1. The van der Waals surface area contributed by atoms with E-state index >= 15 is 0 Å². The zero-order valence-corrected chi connectivity index (χ0v) is 19.0. The van der Waals surface area contributed by atoms with Crippen molar-refractivity contribution < 1.29 is 9.53 Å². The molecule has 33 heavy (non-hydrogen) atoms. The molecule has 5 rings (SSSR count). The zero-order chi connectivity index (χ0) is 22.6. The molecule has 1 saturated heterocycles. The molecule has 0 bridgehead atoms. The molecule has 3 N–H and O–H groups in total. The van der Waals surface area contributed by atoms with Gasteiger partial charge in [-0.15, -0.1) is 0 Å². The Bertz CT molecular complexity index is 1120. The molecular formula is C25H32N6O2. The smallest absolute Gasteiger partial charge is 0.316 e. The number of hydrogen-bond donors (Lipinski definition) is 2. The second kappa shape index (κ2) is 9.70. The number of pyridine rings is 1. The summed E-state index contributed by atoms with van der Waals surface area (Å²) in [6.45, 7) is 7.00. The Hall–Kier alpha value is -3.26. The number of anilines is 2. The van der Waals surface area contributed by atoms with Crippen LogP contribution in [-0.2, 0) is 13.0 Å². The number of carbonyl (C=O) groups is 1. The van der Waals surface area contributed by atoms with Crippen LogP contribution >= 0.6 is 0 Å². The lowest BCUT2D eigenvalue weighted by Gasteiger charge is -2.37. The number of ether oxygens (including phenoxy) is 1. The Morgan fingerprint density at radius 2 is 1.94 bits per heavy atom. The molecule has 2 amide bonds. The number of nitrogens with zero attached hydrogens (tertiary/aromatic N) is 4. The van der Waals surface area contributed by atoms with E-state index in [2.05, 4.69) is 42.9 Å². The summed E-state index contributed by atoms with van der Waals surface area (Å²) in [7, 11) is 0. The van der Waals surface area contributed by atoms with Crippen molar-refractivity contribution in [3.63, 3.8) is 0 Å². The number of amides is 2. The molecule has 0 atom stereocenters. The fraction of sp³-hybridized carbons (Fsp3) is 0.440. The van der Waals surface area contributed by atoms with Crippen LogP contribution in [-0.4, -0.2) is 59.8 Å². The predicted molar refractivity (Wildman–Crippen MR) is 131 cm³/mol. The molecular weight excluding hydrogens is 416 g/mol. The summed E-state index contributed by atoms with van der Waals surface area (Å²) in [6.07, 6.45) is 8.12. The van der Waals surface area contributed by atoms with Crippen molar-refractivity contribution in [1.29, 1.82) is 0 Å². The van der Waals surface area contributed by atoms with Gasteiger partial charge < -0.3 is 25.3 Å². The number of urea groups is 1. The molecule has 1 fully saturated rings. The fourth-order valence-corrected chi connectivity index (χ4v) is 4.98. The van der Waals surface area contributed by atoms with Gasteiger partial charge in [-0.3, -0.25) is 4.90 Å². The quantitative estimate of drug-likeness (QED) is 0.541. The van der Waals surface area contributed by atoms with Gasteiger partial charge in [0.1, 0.15) is 11.4 Å². The molecule has 0 radical (unpaired) electrons. The third-order valence-corrected chi connectivity index (χ3v) is 6.64. The molecule has 1 aromatic carbocycles. The van der Waals surface area contributed by atoms with Crippen molar-refractivity contribution in [2.75, 3.05) is 49.5 Å². The molecule has 2 aliphatic heterocycles. The lowest BCUT2D eigenvalue weighted by Crippen LogP contribution is -2.46. The first-order chi connectivity index (χ1) is 16.2. The first-order valence-corrected chi connectivity index (χ1v) is 11.9. The van der Waals surface area contributed by atoms with Gasteiger partial charge in [0.2, 0.25) is 0 Å². The average Bonchev–Trinajstić information content (AvgIpc) is 3.19. The van der Waals surface area contributed by atoms with Gasteiger partial charge >= 0.3 is 6.03 Å². The van der Waals surface area contributed by atoms with Crippen molar-refractivity contribution in [2.24, 2.45) is 5.73 Å². The number of hydrogen-bond acceptors (Lipinski definition) is 5. The molecule has 4 heterocycles. The number of primary amides is 1. The van der Waals surface area contributed by atoms with E-state index in [1.54, 1.807) is 6.20 Å². The Morgan fingerprint density at radius 1 is 1.09 bits per heavy atom. The Morgan fingerprint density at radius 3 is 2.79 bits per heavy atom. The summed E-state index contributed by atoms with van der Waals surface area (Å²) in [5.74, 6) is 1.11. The molecule has 0 aliphatic carbocycles. The summed E-state index contributed by atoms with van der Waals surface area (Å²) < 4.78 is 8.12. The van der Waals surface area contributed by atoms with Crippen LogP contribution in [0.1, 0.15) is 24.8 Å². The molecule has 174 valence electrons. The van der Waals surface area contributed by atoms with Gasteiger partial charge in [0.05, 0.1) is 18.0 Å². The normalized spacial score (nSPS) is 16.4. The Kier molecular flexibility index (Phi) is 6.35. The number of nitrogens with two attached hydrogens (primary N) is 1. The molecule has 0 unspecified atom stereocenters. The highest BCUT2D eigenvalue weighted by atomic mass is 16.5. The van der Waals surface area contributed by atoms with E-state index in [0.29, 0.717) is 5.69 Å². The monoisotopic (exact) mass is 448 g/mol. The molecule has 3 aromatic rings. The van der Waals surface area contributed by atoms with Crippen molar-refractivity contribution in [3.05, 3.63) is 48.3 Å². The van der Waals surface area contributed by atoms with Crippen molar-refractivity contribution >= 4 is 28.4 Å². The maximum Gasteiger partial charge on any atom is 0.316 e. The number of fused-ring (bicyclic) bond motifs is 2. The summed E-state index contributed by atoms with van der Waals surface area (Å²) in [5, 5.41) is 3.62. The molecule has 2 aromatic heterocycles. The summed E-state index contributed by atoms with van der Waals surface area (Å²) in [6, 6.07) is 9.84. The number of benzene rings is 1. The SMILES string of the molecule is NC(=O)Nc1cn(CCCCN2CCN(c3cccc4c3OCCC4)CC2)c2ncccc12. The van der Waals surface area contributed by atoms with Gasteiger partial charge in [-0.25, -0.2) is 9.78 Å². The number of carbonyl (C=O) groups excluding carboxylic acids is 1. The van der Waals surface area contributed by atoms with E-state index in [1.165, 1.54) is 11.3 Å². The minimum Gasteiger partial charge on any atom is -0.491 e. The van der Waals surface area contributed by atoms with Crippen molar-refractivity contribution in [3.8, 4) is 5.75 Å². The second-order valence-electron chi connectivity index (χ2n) is 8.85. The van der Waals surface area contributed by atoms with Crippen molar-refractivity contribution in [1.82, 2.24) is 14.5 Å². The highest BCUT2D eigenvalue weighted by Crippen LogP contribution is 2.36. The molecule has 8 heteroatoms. The minimum absolute atomic E-state index is 0.556. The lowest BCUT2D eigenvalue weighted by atomic mass is 10.0. The van der Waals surface area contributed by atoms with E-state index in [0.717, 1.165) is 88.3 Å². The summed E-state index contributed by atoms with van der Waals surface area (Å²) in [5.41, 5.74) is 9.52. The van der Waals surface area contributed by atoms with Gasteiger partial charge in [0.15, 0.2) is 0 Å². The van der Waals surface area contributed by atoms with Crippen LogP contribution in [0.5, 0.6) is 5.75 Å². The third-order valence-electron chi connectivity index (χ3n) is 6.64. The van der Waals surface area contributed by atoms with Crippen LogP contribution in [0.3, 0.4) is 0 Å². The van der Waals surface area contributed by atoms with Crippen LogP contribution in [0, 0.1) is 0 Å². The first kappa shape index (κ1) is 21.6. The molecule has 0 spiro atoms. The Labute approximate surface area is 194 Å². The minimum atomic E-state index is -0.556. The van der Waals surface area contributed by atoms with Crippen LogP contribution in [0.25, 0.3) is 11.0 Å². The highest BCUT2D eigenvalue weighted by Gasteiger charge is 2.22. The van der Waals surface area contributed by atoms with E-state index in [-0.39, 0.29) is 0 Å². The van der Waals surface area contributed by atoms with Gasteiger partial charge in [-0.2, -0.15) is 0 Å². The van der Waals surface area contributed by atoms with Gasteiger partial charge in [-0.1, -0.05) is 12.1 Å². The maximum absolute atomic E-state index is 11.3. The van der Waals surface area contributed by atoms with Gasteiger partial charge in [0, 0.05) is 50.5 Å². The zero-order valence-electron chi connectivity index (χ0n) is 19.0.